The van der Waals surface area contributed by atoms with Gasteiger partial charge in [0.2, 0.25) is 0 Å². The average Bonchev–Trinajstić information content (AvgIpc) is 3.01. The van der Waals surface area contributed by atoms with Crippen molar-refractivity contribution in [2.24, 2.45) is 0 Å². The molecule has 2 aromatic carbocycles. The van der Waals surface area contributed by atoms with Gasteiger partial charge in [-0.05, 0) is 56.3 Å². The van der Waals surface area contributed by atoms with Gasteiger partial charge in [-0.25, -0.2) is 22.7 Å². The lowest BCUT2D eigenvalue weighted by atomic mass is 10.3. The number of aromatic nitrogens is 2. The summed E-state index contributed by atoms with van der Waals surface area (Å²) >= 11 is 0. The summed E-state index contributed by atoms with van der Waals surface area (Å²) in [4.78, 5) is 24.1. The van der Waals surface area contributed by atoms with Crippen molar-refractivity contribution in [3.8, 4) is 0 Å². The van der Waals surface area contributed by atoms with Crippen LogP contribution in [0.5, 0.6) is 0 Å². The number of amides is 3. The van der Waals surface area contributed by atoms with E-state index in [2.05, 4.69) is 15.7 Å². The van der Waals surface area contributed by atoms with Gasteiger partial charge in [0.1, 0.15) is 0 Å². The van der Waals surface area contributed by atoms with E-state index in [1.807, 2.05) is 4.72 Å². The van der Waals surface area contributed by atoms with Crippen molar-refractivity contribution >= 4 is 33.5 Å². The van der Waals surface area contributed by atoms with Crippen LogP contribution >= 0.6 is 0 Å². The van der Waals surface area contributed by atoms with Crippen molar-refractivity contribution in [1.29, 1.82) is 0 Å². The number of carbonyl (C=O) groups is 2. The highest BCUT2D eigenvalue weighted by atomic mass is 32.2. The molecule has 3 rings (SSSR count). The Morgan fingerprint density at radius 2 is 1.52 bits per heavy atom. The largest absolute Gasteiger partial charge is 0.346 e. The number of hydrogen-bond acceptors (Lipinski definition) is 5. The zero-order chi connectivity index (χ0) is 21.0. The molecule has 0 saturated heterocycles. The van der Waals surface area contributed by atoms with Gasteiger partial charge in [-0.3, -0.25) is 0 Å². The molecule has 1 heterocycles. The van der Waals surface area contributed by atoms with Gasteiger partial charge < -0.3 is 10.6 Å². The third-order valence-corrected chi connectivity index (χ3v) is 5.22. The molecule has 3 aromatic rings. The first-order chi connectivity index (χ1) is 13.7. The maximum absolute atomic E-state index is 12.4. The van der Waals surface area contributed by atoms with Gasteiger partial charge in [0, 0.05) is 17.1 Å². The van der Waals surface area contributed by atoms with Gasteiger partial charge in [-0.1, -0.05) is 18.2 Å². The monoisotopic (exact) mass is 413 g/mol. The van der Waals surface area contributed by atoms with E-state index < -0.39 is 22.1 Å². The minimum atomic E-state index is -4.07. The highest BCUT2D eigenvalue weighted by Gasteiger charge is 2.18. The SMILES string of the molecule is Cc1cc(C)n(C(=O)Nc2ccc(S(=O)(=O)NC(=O)Nc3ccccc3)cc2)n1. The lowest BCUT2D eigenvalue weighted by Crippen LogP contribution is -2.34. The summed E-state index contributed by atoms with van der Waals surface area (Å²) in [7, 11) is -4.07. The summed E-state index contributed by atoms with van der Waals surface area (Å²) < 4.78 is 27.9. The van der Waals surface area contributed by atoms with Crippen LogP contribution in [-0.2, 0) is 10.0 Å². The fourth-order valence-corrected chi connectivity index (χ4v) is 3.49. The summed E-state index contributed by atoms with van der Waals surface area (Å²) in [6.07, 6.45) is 0. The quantitative estimate of drug-likeness (QED) is 0.607. The second kappa shape index (κ2) is 8.15. The highest BCUT2D eigenvalue weighted by molar-refractivity contribution is 7.90. The van der Waals surface area contributed by atoms with Crippen LogP contribution < -0.4 is 15.4 Å². The number of aryl methyl sites for hydroxylation is 2. The normalized spacial score (nSPS) is 11.0. The topological polar surface area (TPSA) is 122 Å². The van der Waals surface area contributed by atoms with Crippen LogP contribution in [-0.4, -0.2) is 30.3 Å². The average molecular weight is 413 g/mol. The van der Waals surface area contributed by atoms with E-state index in [0.717, 1.165) is 0 Å². The van der Waals surface area contributed by atoms with Crippen LogP contribution in [0.1, 0.15) is 11.4 Å². The molecule has 9 nitrogen and oxygen atoms in total. The summed E-state index contributed by atoms with van der Waals surface area (Å²) in [5.41, 5.74) is 2.23. The Hall–Kier alpha value is -3.66. The lowest BCUT2D eigenvalue weighted by Gasteiger charge is -2.10. The Morgan fingerprint density at radius 1 is 0.897 bits per heavy atom. The molecule has 3 amide bonds. The Bertz CT molecular complexity index is 1140. The van der Waals surface area contributed by atoms with E-state index in [1.165, 1.54) is 28.9 Å². The van der Waals surface area contributed by atoms with Gasteiger partial charge in [0.25, 0.3) is 10.0 Å². The van der Waals surface area contributed by atoms with E-state index in [0.29, 0.717) is 22.8 Å². The van der Waals surface area contributed by atoms with Crippen LogP contribution in [0.2, 0.25) is 0 Å². The molecule has 0 aliphatic carbocycles. The lowest BCUT2D eigenvalue weighted by molar-refractivity contribution is 0.250. The fraction of sp³-hybridized carbons (Fsp3) is 0.105. The maximum Gasteiger partial charge on any atom is 0.346 e. The molecular formula is C19H19N5O4S. The second-order valence-electron chi connectivity index (χ2n) is 6.22. The first-order valence-corrected chi connectivity index (χ1v) is 10.1. The van der Waals surface area contributed by atoms with Crippen LogP contribution in [0, 0.1) is 13.8 Å². The Labute approximate surface area is 167 Å². The number of hydrogen-bond donors (Lipinski definition) is 3. The van der Waals surface area contributed by atoms with Crippen molar-refractivity contribution in [3.63, 3.8) is 0 Å². The number of carbonyl (C=O) groups excluding carboxylic acids is 2. The van der Waals surface area contributed by atoms with Crippen LogP contribution in [0.4, 0.5) is 21.0 Å². The van der Waals surface area contributed by atoms with Crippen LogP contribution in [0.3, 0.4) is 0 Å². The Balaban J connectivity index is 1.66. The van der Waals surface area contributed by atoms with E-state index >= 15 is 0 Å². The molecule has 0 radical (unpaired) electrons. The molecule has 0 bridgehead atoms. The van der Waals surface area contributed by atoms with Crippen molar-refractivity contribution in [1.82, 2.24) is 14.5 Å². The second-order valence-corrected chi connectivity index (χ2v) is 7.90. The molecule has 0 unspecified atom stereocenters. The predicted octanol–water partition coefficient (Wildman–Crippen LogP) is 3.09. The van der Waals surface area contributed by atoms with Gasteiger partial charge in [-0.15, -0.1) is 0 Å². The molecule has 150 valence electrons. The van der Waals surface area contributed by atoms with Gasteiger partial charge >= 0.3 is 12.1 Å². The molecule has 0 spiro atoms. The van der Waals surface area contributed by atoms with Crippen molar-refractivity contribution in [3.05, 3.63) is 72.1 Å². The molecule has 29 heavy (non-hydrogen) atoms. The number of para-hydroxylation sites is 1. The number of benzene rings is 2. The third kappa shape index (κ3) is 4.99. The first kappa shape index (κ1) is 20.1. The number of sulfonamides is 1. The summed E-state index contributed by atoms with van der Waals surface area (Å²) in [6, 6.07) is 14.3. The van der Waals surface area contributed by atoms with E-state index in [-0.39, 0.29) is 4.90 Å². The molecule has 0 atom stereocenters. The maximum atomic E-state index is 12.4. The minimum Gasteiger partial charge on any atom is -0.307 e. The molecule has 1 aromatic heterocycles. The van der Waals surface area contributed by atoms with E-state index in [9.17, 15) is 18.0 Å². The van der Waals surface area contributed by atoms with Gasteiger partial charge in [-0.2, -0.15) is 9.78 Å². The van der Waals surface area contributed by atoms with Gasteiger partial charge in [0.05, 0.1) is 10.6 Å². The van der Waals surface area contributed by atoms with Gasteiger partial charge in [0.15, 0.2) is 0 Å². The van der Waals surface area contributed by atoms with Crippen molar-refractivity contribution in [2.45, 2.75) is 18.7 Å². The molecule has 3 N–H and O–H groups in total. The summed E-state index contributed by atoms with van der Waals surface area (Å²) in [5, 5.41) is 9.15. The first-order valence-electron chi connectivity index (χ1n) is 8.58. The number of urea groups is 1. The van der Waals surface area contributed by atoms with Crippen LogP contribution in [0.25, 0.3) is 0 Å². The van der Waals surface area contributed by atoms with E-state index in [1.54, 1.807) is 50.2 Å². The molecule has 0 fully saturated rings. The highest BCUT2D eigenvalue weighted by Crippen LogP contribution is 2.15. The number of nitrogens with one attached hydrogen (secondary N) is 3. The molecular weight excluding hydrogens is 394 g/mol. The standard InChI is InChI=1S/C19H19N5O4S/c1-13-12-14(2)24(22-13)19(26)21-16-8-10-17(11-9-16)29(27,28)23-18(25)20-15-6-4-3-5-7-15/h3-12H,1-2H3,(H,21,26)(H2,20,23,25). The Morgan fingerprint density at radius 3 is 2.10 bits per heavy atom. The molecule has 0 aliphatic heterocycles. The number of rotatable bonds is 4. The van der Waals surface area contributed by atoms with Crippen molar-refractivity contribution < 1.29 is 18.0 Å². The van der Waals surface area contributed by atoms with Crippen molar-refractivity contribution in [2.75, 3.05) is 10.6 Å². The zero-order valence-corrected chi connectivity index (χ0v) is 16.5. The number of nitrogens with zero attached hydrogens (tertiary/aromatic N) is 2. The fourth-order valence-electron chi connectivity index (χ4n) is 2.59. The number of anilines is 2. The predicted molar refractivity (Wildman–Crippen MR) is 108 cm³/mol. The molecule has 10 heteroatoms. The zero-order valence-electron chi connectivity index (χ0n) is 15.7. The summed E-state index contributed by atoms with van der Waals surface area (Å²) in [6.45, 7) is 3.53. The third-order valence-electron chi connectivity index (χ3n) is 3.88. The minimum absolute atomic E-state index is 0.121. The van der Waals surface area contributed by atoms with Crippen LogP contribution in [0.15, 0.2) is 65.6 Å². The summed E-state index contributed by atoms with van der Waals surface area (Å²) in [5.74, 6) is 0. The molecule has 0 aliphatic rings. The van der Waals surface area contributed by atoms with E-state index in [4.69, 9.17) is 0 Å². The smallest absolute Gasteiger partial charge is 0.307 e. The Kier molecular flexibility index (Phi) is 5.64. The molecule has 0 saturated carbocycles.